The van der Waals surface area contributed by atoms with Crippen LogP contribution in [0.1, 0.15) is 56.1 Å². The Hall–Kier alpha value is -3.20. The Morgan fingerprint density at radius 3 is 2.64 bits per heavy atom. The van der Waals surface area contributed by atoms with Crippen LogP contribution in [0, 0.1) is 17.7 Å². The molecular formula is C27H35FN2O6. The number of hydrogen-bond donors (Lipinski definition) is 2. The summed E-state index contributed by atoms with van der Waals surface area (Å²) in [5, 5.41) is 12.9. The second-order valence-electron chi connectivity index (χ2n) is 9.59. The van der Waals surface area contributed by atoms with Crippen LogP contribution in [0.15, 0.2) is 36.5 Å². The summed E-state index contributed by atoms with van der Waals surface area (Å²) in [7, 11) is 1.37. The number of carbonyl (C=O) groups excluding carboxylic acids is 2. The summed E-state index contributed by atoms with van der Waals surface area (Å²) in [6.45, 7) is 6.40. The third-order valence-electron chi connectivity index (χ3n) is 6.24. The van der Waals surface area contributed by atoms with Crippen LogP contribution in [0.25, 0.3) is 0 Å². The molecular weight excluding hydrogens is 467 g/mol. The lowest BCUT2D eigenvalue weighted by Crippen LogP contribution is -2.45. The zero-order valence-corrected chi connectivity index (χ0v) is 21.2. The van der Waals surface area contributed by atoms with E-state index >= 15 is 0 Å². The van der Waals surface area contributed by atoms with E-state index in [9.17, 15) is 19.1 Å². The highest BCUT2D eigenvalue weighted by atomic mass is 19.1. The molecule has 1 saturated heterocycles. The number of cyclic esters (lactones) is 1. The molecule has 0 aliphatic carbocycles. The fourth-order valence-corrected chi connectivity index (χ4v) is 4.42. The van der Waals surface area contributed by atoms with Gasteiger partial charge in [-0.25, -0.2) is 14.2 Å². The molecule has 9 heteroatoms. The Kier molecular flexibility index (Phi) is 9.64. The Bertz CT molecular complexity index is 1030. The molecule has 196 valence electrons. The fraction of sp³-hybridized carbons (Fsp3) is 0.519. The molecule has 0 unspecified atom stereocenters. The number of amides is 1. The van der Waals surface area contributed by atoms with E-state index in [2.05, 4.69) is 10.3 Å². The van der Waals surface area contributed by atoms with E-state index in [4.69, 9.17) is 14.2 Å². The van der Waals surface area contributed by atoms with Crippen molar-refractivity contribution in [3.05, 3.63) is 53.6 Å². The second kappa shape index (κ2) is 12.7. The number of hydrogen-bond acceptors (Lipinski definition) is 7. The summed E-state index contributed by atoms with van der Waals surface area (Å²) in [6.07, 6.45) is 2.74. The number of pyridine rings is 1. The predicted octanol–water partition coefficient (Wildman–Crippen LogP) is 4.05. The van der Waals surface area contributed by atoms with Gasteiger partial charge in [0.25, 0.3) is 5.91 Å². The first-order chi connectivity index (χ1) is 17.2. The Balaban J connectivity index is 1.78. The summed E-state index contributed by atoms with van der Waals surface area (Å²) in [5.41, 5.74) is 0.740. The topological polar surface area (TPSA) is 107 Å². The molecule has 8 nitrogen and oxygen atoms in total. The number of halogens is 1. The highest BCUT2D eigenvalue weighted by molar-refractivity contribution is 5.97. The van der Waals surface area contributed by atoms with Crippen molar-refractivity contribution in [2.75, 3.05) is 13.7 Å². The normalized spacial score (nSPS) is 22.8. The molecule has 1 aliphatic rings. The summed E-state index contributed by atoms with van der Waals surface area (Å²) in [4.78, 5) is 29.8. The van der Waals surface area contributed by atoms with Gasteiger partial charge in [0.1, 0.15) is 18.0 Å². The highest BCUT2D eigenvalue weighted by Gasteiger charge is 2.35. The number of benzene rings is 1. The minimum Gasteiger partial charge on any atom is -0.503 e. The van der Waals surface area contributed by atoms with Crippen molar-refractivity contribution < 1.29 is 33.3 Å². The molecule has 2 aromatic rings. The third kappa shape index (κ3) is 7.16. The smallest absolute Gasteiger partial charge is 0.329 e. The monoisotopic (exact) mass is 502 g/mol. The van der Waals surface area contributed by atoms with Gasteiger partial charge in [-0.3, -0.25) is 4.79 Å². The van der Waals surface area contributed by atoms with Crippen LogP contribution in [0.5, 0.6) is 11.5 Å². The van der Waals surface area contributed by atoms with E-state index in [1.165, 1.54) is 31.5 Å². The maximum Gasteiger partial charge on any atom is 0.329 e. The van der Waals surface area contributed by atoms with E-state index in [-0.39, 0.29) is 29.3 Å². The summed E-state index contributed by atoms with van der Waals surface area (Å²) in [6, 6.07) is 6.91. The number of esters is 1. The zero-order valence-electron chi connectivity index (χ0n) is 21.2. The van der Waals surface area contributed by atoms with E-state index in [0.717, 1.165) is 12.0 Å². The molecule has 1 amide bonds. The molecule has 1 aliphatic heterocycles. The first-order valence-corrected chi connectivity index (χ1v) is 12.3. The van der Waals surface area contributed by atoms with Gasteiger partial charge in [0, 0.05) is 18.9 Å². The Labute approximate surface area is 211 Å². The van der Waals surface area contributed by atoms with Crippen LogP contribution in [0.4, 0.5) is 4.39 Å². The van der Waals surface area contributed by atoms with Crippen molar-refractivity contribution in [3.8, 4) is 11.5 Å². The molecule has 4 atom stereocenters. The van der Waals surface area contributed by atoms with Gasteiger partial charge in [-0.15, -0.1) is 0 Å². The first kappa shape index (κ1) is 27.4. The van der Waals surface area contributed by atoms with E-state index in [0.29, 0.717) is 31.8 Å². The lowest BCUT2D eigenvalue weighted by atomic mass is 9.86. The molecule has 0 spiro atoms. The second-order valence-corrected chi connectivity index (χ2v) is 9.59. The molecule has 2 heterocycles. The van der Waals surface area contributed by atoms with E-state index < -0.39 is 29.8 Å². The van der Waals surface area contributed by atoms with Crippen molar-refractivity contribution in [2.45, 2.75) is 64.7 Å². The van der Waals surface area contributed by atoms with Gasteiger partial charge in [0.2, 0.25) is 0 Å². The summed E-state index contributed by atoms with van der Waals surface area (Å²) in [5.74, 6) is -1.54. The molecule has 1 aromatic heterocycles. The van der Waals surface area contributed by atoms with E-state index in [1.807, 2.05) is 13.8 Å². The molecule has 0 saturated carbocycles. The zero-order chi connectivity index (χ0) is 26.2. The van der Waals surface area contributed by atoms with Crippen molar-refractivity contribution in [3.63, 3.8) is 0 Å². The molecule has 36 heavy (non-hydrogen) atoms. The fourth-order valence-electron chi connectivity index (χ4n) is 4.42. The molecule has 1 fully saturated rings. The summed E-state index contributed by atoms with van der Waals surface area (Å²) < 4.78 is 30.5. The maximum atomic E-state index is 13.4. The van der Waals surface area contributed by atoms with Crippen LogP contribution in [0.3, 0.4) is 0 Å². The number of aromatic nitrogens is 1. The van der Waals surface area contributed by atoms with Crippen LogP contribution in [0.2, 0.25) is 0 Å². The molecule has 1 aromatic carbocycles. The number of nitrogens with zero attached hydrogens (tertiary/aromatic N) is 1. The van der Waals surface area contributed by atoms with Crippen molar-refractivity contribution in [1.82, 2.24) is 10.3 Å². The lowest BCUT2D eigenvalue weighted by Gasteiger charge is -2.32. The number of ether oxygens (including phenoxy) is 3. The maximum absolute atomic E-state index is 13.4. The molecule has 3 rings (SSSR count). The van der Waals surface area contributed by atoms with Crippen LogP contribution < -0.4 is 10.1 Å². The predicted molar refractivity (Wildman–Crippen MR) is 131 cm³/mol. The molecule has 2 N–H and O–H groups in total. The number of methoxy groups -OCH3 is 1. The first-order valence-electron chi connectivity index (χ1n) is 12.3. The minimum absolute atomic E-state index is 0.0237. The number of nitrogens with one attached hydrogen (secondary N) is 1. The van der Waals surface area contributed by atoms with Crippen LogP contribution in [-0.2, 0) is 20.7 Å². The molecule has 0 radical (unpaired) electrons. The van der Waals surface area contributed by atoms with E-state index in [1.54, 1.807) is 19.1 Å². The van der Waals surface area contributed by atoms with Gasteiger partial charge in [-0.05, 0) is 55.7 Å². The van der Waals surface area contributed by atoms with Gasteiger partial charge in [0.05, 0.1) is 13.2 Å². The summed E-state index contributed by atoms with van der Waals surface area (Å²) >= 11 is 0. The largest absolute Gasteiger partial charge is 0.503 e. The molecule has 0 bridgehead atoms. The quantitative estimate of drug-likeness (QED) is 0.525. The SMILES string of the molecule is COc1ccnc(C(=O)N[C@H]2CCC[C@H](Cc3ccc(F)cc3)[C@@H](OCC(C)C)[C@H](C)OC2=O)c1O. The van der Waals surface area contributed by atoms with Crippen molar-refractivity contribution in [2.24, 2.45) is 11.8 Å². The highest BCUT2D eigenvalue weighted by Crippen LogP contribution is 2.29. The number of aromatic hydroxyl groups is 1. The van der Waals surface area contributed by atoms with Crippen LogP contribution >= 0.6 is 0 Å². The number of rotatable bonds is 8. The van der Waals surface area contributed by atoms with Gasteiger partial charge >= 0.3 is 5.97 Å². The standard InChI is InChI=1S/C27H35FN2O6/c1-16(2)15-35-25-17(3)36-27(33)21(30-26(32)23-24(31)22(34-4)12-13-29-23)7-5-6-19(25)14-18-8-10-20(28)11-9-18/h8-13,16-17,19,21,25,31H,5-7,14-15H2,1-4H3,(H,30,32)/t17-,19+,21-,25-/m0/s1. The van der Waals surface area contributed by atoms with Gasteiger partial charge in [-0.1, -0.05) is 32.4 Å². The van der Waals surface area contributed by atoms with Crippen molar-refractivity contribution >= 4 is 11.9 Å². The minimum atomic E-state index is -0.914. The van der Waals surface area contributed by atoms with Gasteiger partial charge in [0.15, 0.2) is 17.2 Å². The Morgan fingerprint density at radius 1 is 1.25 bits per heavy atom. The average Bonchev–Trinajstić information content (AvgIpc) is 2.88. The third-order valence-corrected chi connectivity index (χ3v) is 6.24. The van der Waals surface area contributed by atoms with Crippen molar-refractivity contribution in [1.29, 1.82) is 0 Å². The average molecular weight is 503 g/mol. The number of carbonyl (C=O) groups is 2. The Morgan fingerprint density at radius 2 is 1.97 bits per heavy atom. The van der Waals surface area contributed by atoms with Gasteiger partial charge in [-0.2, -0.15) is 0 Å². The van der Waals surface area contributed by atoms with Gasteiger partial charge < -0.3 is 24.6 Å². The lowest BCUT2D eigenvalue weighted by molar-refractivity contribution is -0.161. The van der Waals surface area contributed by atoms with Crippen LogP contribution in [-0.4, -0.2) is 53.9 Å².